The molecule has 1 heterocycles. The second-order valence-corrected chi connectivity index (χ2v) is 5.87. The first-order chi connectivity index (χ1) is 12.7. The van der Waals surface area contributed by atoms with Gasteiger partial charge in [-0.05, 0) is 31.0 Å². The molecule has 0 unspecified atom stereocenters. The van der Waals surface area contributed by atoms with Gasteiger partial charge in [0.05, 0.1) is 11.6 Å². The predicted molar refractivity (Wildman–Crippen MR) is 97.6 cm³/mol. The highest BCUT2D eigenvalue weighted by molar-refractivity contribution is 5.78. The van der Waals surface area contributed by atoms with E-state index in [1.807, 2.05) is 55.5 Å². The van der Waals surface area contributed by atoms with Crippen molar-refractivity contribution < 1.29 is 14.1 Å². The molecular formula is C20H21N3O3. The summed E-state index contributed by atoms with van der Waals surface area (Å²) in [6, 6.07) is 17.1. The van der Waals surface area contributed by atoms with Crippen LogP contribution in [0, 0.1) is 6.92 Å². The average Bonchev–Trinajstić information content (AvgIpc) is 3.11. The van der Waals surface area contributed by atoms with Gasteiger partial charge in [0.1, 0.15) is 5.75 Å². The monoisotopic (exact) mass is 351 g/mol. The fourth-order valence-electron chi connectivity index (χ4n) is 2.66. The van der Waals surface area contributed by atoms with Gasteiger partial charge in [-0.1, -0.05) is 54.5 Å². The van der Waals surface area contributed by atoms with Gasteiger partial charge in [0.25, 0.3) is 11.8 Å². The zero-order valence-electron chi connectivity index (χ0n) is 14.8. The van der Waals surface area contributed by atoms with Crippen LogP contribution in [-0.4, -0.2) is 22.7 Å². The fraction of sp³-hybridized carbons (Fsp3) is 0.250. The molecule has 0 radical (unpaired) electrons. The van der Waals surface area contributed by atoms with Crippen molar-refractivity contribution in [3.05, 3.63) is 66.0 Å². The van der Waals surface area contributed by atoms with Crippen molar-refractivity contribution in [1.82, 2.24) is 15.5 Å². The number of aromatic nitrogens is 2. The Hall–Kier alpha value is -3.15. The Morgan fingerprint density at radius 1 is 1.15 bits per heavy atom. The van der Waals surface area contributed by atoms with E-state index < -0.39 is 0 Å². The molecule has 1 N–H and O–H groups in total. The van der Waals surface area contributed by atoms with Crippen LogP contribution < -0.4 is 10.1 Å². The number of benzene rings is 2. The number of carbonyl (C=O) groups is 1. The molecule has 0 bridgehead atoms. The maximum atomic E-state index is 12.3. The molecule has 134 valence electrons. The first-order valence-corrected chi connectivity index (χ1v) is 8.54. The van der Waals surface area contributed by atoms with Crippen molar-refractivity contribution in [2.45, 2.75) is 26.3 Å². The fourth-order valence-corrected chi connectivity index (χ4v) is 2.66. The summed E-state index contributed by atoms with van der Waals surface area (Å²) in [5.41, 5.74) is 1.74. The van der Waals surface area contributed by atoms with Crippen LogP contribution in [0.3, 0.4) is 0 Å². The Labute approximate surface area is 152 Å². The van der Waals surface area contributed by atoms with Crippen LogP contribution in [0.25, 0.3) is 11.5 Å². The smallest absolute Gasteiger partial charge is 0.261 e. The van der Waals surface area contributed by atoms with E-state index in [-0.39, 0.29) is 18.6 Å². The van der Waals surface area contributed by atoms with E-state index in [9.17, 15) is 4.79 Å². The van der Waals surface area contributed by atoms with Gasteiger partial charge in [0.2, 0.25) is 0 Å². The number of ether oxygens (including phenoxy) is 1. The molecule has 1 aromatic heterocycles. The summed E-state index contributed by atoms with van der Waals surface area (Å²) in [6.07, 6.45) is 0.799. The molecule has 0 fully saturated rings. The lowest BCUT2D eigenvalue weighted by atomic mass is 10.0. The molecular weight excluding hydrogens is 330 g/mol. The number of carbonyl (C=O) groups excluding carboxylic acids is 1. The quantitative estimate of drug-likeness (QED) is 0.702. The molecule has 1 amide bonds. The zero-order valence-corrected chi connectivity index (χ0v) is 14.8. The molecule has 6 heteroatoms. The van der Waals surface area contributed by atoms with Gasteiger partial charge in [0.15, 0.2) is 12.4 Å². The van der Waals surface area contributed by atoms with Crippen molar-refractivity contribution >= 4 is 5.91 Å². The van der Waals surface area contributed by atoms with Crippen molar-refractivity contribution in [1.29, 1.82) is 0 Å². The SMILES string of the molecule is CC[C@@H](NC(=O)COc1ccccc1-c1nc(C)no1)c1ccccc1. The highest BCUT2D eigenvalue weighted by Gasteiger charge is 2.15. The van der Waals surface area contributed by atoms with Crippen LogP contribution in [0.5, 0.6) is 5.75 Å². The molecule has 0 saturated carbocycles. The van der Waals surface area contributed by atoms with Crippen LogP contribution in [0.1, 0.15) is 30.8 Å². The minimum Gasteiger partial charge on any atom is -0.483 e. The Bertz CT molecular complexity index is 862. The normalized spacial score (nSPS) is 11.8. The van der Waals surface area contributed by atoms with Gasteiger partial charge in [-0.3, -0.25) is 4.79 Å². The van der Waals surface area contributed by atoms with E-state index in [0.717, 1.165) is 12.0 Å². The molecule has 3 aromatic rings. The topological polar surface area (TPSA) is 77.2 Å². The molecule has 0 aliphatic carbocycles. The number of para-hydroxylation sites is 1. The summed E-state index contributed by atoms with van der Waals surface area (Å²) in [7, 11) is 0. The Kier molecular flexibility index (Phi) is 5.63. The summed E-state index contributed by atoms with van der Waals surface area (Å²) in [4.78, 5) is 16.5. The Balaban J connectivity index is 1.65. The number of hydrogen-bond donors (Lipinski definition) is 1. The van der Waals surface area contributed by atoms with Gasteiger partial charge in [-0.15, -0.1) is 0 Å². The van der Waals surface area contributed by atoms with E-state index >= 15 is 0 Å². The minimum absolute atomic E-state index is 0.0406. The van der Waals surface area contributed by atoms with E-state index in [1.54, 1.807) is 13.0 Å². The predicted octanol–water partition coefficient (Wildman–Crippen LogP) is 3.69. The van der Waals surface area contributed by atoms with E-state index in [0.29, 0.717) is 23.0 Å². The first kappa shape index (κ1) is 17.7. The largest absolute Gasteiger partial charge is 0.483 e. The molecule has 0 aliphatic heterocycles. The van der Waals surface area contributed by atoms with Gasteiger partial charge in [-0.2, -0.15) is 4.98 Å². The number of rotatable bonds is 7. The standard InChI is InChI=1S/C20H21N3O3/c1-3-17(15-9-5-4-6-10-15)22-19(24)13-25-18-12-8-7-11-16(18)20-21-14(2)23-26-20/h4-12,17H,3,13H2,1-2H3,(H,22,24)/t17-/m1/s1. The highest BCUT2D eigenvalue weighted by Crippen LogP contribution is 2.28. The third-order valence-corrected chi connectivity index (χ3v) is 3.95. The van der Waals surface area contributed by atoms with Crippen LogP contribution >= 0.6 is 0 Å². The lowest BCUT2D eigenvalue weighted by Gasteiger charge is -2.18. The van der Waals surface area contributed by atoms with Gasteiger partial charge >= 0.3 is 0 Å². The molecule has 1 atom stereocenters. The molecule has 3 rings (SSSR count). The molecule has 0 saturated heterocycles. The maximum Gasteiger partial charge on any atom is 0.261 e. The third-order valence-electron chi connectivity index (χ3n) is 3.95. The zero-order chi connectivity index (χ0) is 18.4. The Morgan fingerprint density at radius 2 is 1.88 bits per heavy atom. The van der Waals surface area contributed by atoms with Gasteiger partial charge in [-0.25, -0.2) is 0 Å². The number of amides is 1. The van der Waals surface area contributed by atoms with Crippen molar-refractivity contribution in [3.63, 3.8) is 0 Å². The second-order valence-electron chi connectivity index (χ2n) is 5.87. The number of nitrogens with one attached hydrogen (secondary N) is 1. The third kappa shape index (κ3) is 4.27. The van der Waals surface area contributed by atoms with Crippen molar-refractivity contribution in [3.8, 4) is 17.2 Å². The molecule has 26 heavy (non-hydrogen) atoms. The van der Waals surface area contributed by atoms with Gasteiger partial charge < -0.3 is 14.6 Å². The molecule has 2 aromatic carbocycles. The summed E-state index contributed by atoms with van der Waals surface area (Å²) >= 11 is 0. The Morgan fingerprint density at radius 3 is 2.58 bits per heavy atom. The minimum atomic E-state index is -0.183. The summed E-state index contributed by atoms with van der Waals surface area (Å²) < 4.78 is 10.9. The van der Waals surface area contributed by atoms with Crippen LogP contribution in [-0.2, 0) is 4.79 Å². The van der Waals surface area contributed by atoms with Gasteiger partial charge in [0, 0.05) is 0 Å². The number of aryl methyl sites for hydroxylation is 1. The van der Waals surface area contributed by atoms with E-state index in [4.69, 9.17) is 9.26 Å². The maximum absolute atomic E-state index is 12.3. The van der Waals surface area contributed by atoms with Crippen molar-refractivity contribution in [2.24, 2.45) is 0 Å². The first-order valence-electron chi connectivity index (χ1n) is 8.54. The second kappa shape index (κ2) is 8.29. The summed E-state index contributed by atoms with van der Waals surface area (Å²) in [5.74, 6) is 1.26. The summed E-state index contributed by atoms with van der Waals surface area (Å²) in [5, 5.41) is 6.79. The van der Waals surface area contributed by atoms with E-state index in [1.165, 1.54) is 0 Å². The summed E-state index contributed by atoms with van der Waals surface area (Å²) in [6.45, 7) is 3.69. The van der Waals surface area contributed by atoms with Crippen LogP contribution in [0.15, 0.2) is 59.1 Å². The molecule has 0 aliphatic rings. The lowest BCUT2D eigenvalue weighted by molar-refractivity contribution is -0.123. The number of hydrogen-bond acceptors (Lipinski definition) is 5. The lowest BCUT2D eigenvalue weighted by Crippen LogP contribution is -2.32. The van der Waals surface area contributed by atoms with Crippen LogP contribution in [0.4, 0.5) is 0 Å². The van der Waals surface area contributed by atoms with Crippen LogP contribution in [0.2, 0.25) is 0 Å². The molecule has 0 spiro atoms. The molecule has 6 nitrogen and oxygen atoms in total. The average molecular weight is 351 g/mol. The highest BCUT2D eigenvalue weighted by atomic mass is 16.5. The van der Waals surface area contributed by atoms with E-state index in [2.05, 4.69) is 15.5 Å². The van der Waals surface area contributed by atoms with Crippen molar-refractivity contribution in [2.75, 3.05) is 6.61 Å². The number of nitrogens with zero attached hydrogens (tertiary/aromatic N) is 2.